The van der Waals surface area contributed by atoms with Crippen LogP contribution in [0.3, 0.4) is 0 Å². The second kappa shape index (κ2) is 6.33. The normalized spacial score (nSPS) is 9.61. The van der Waals surface area contributed by atoms with Gasteiger partial charge in [-0.15, -0.1) is 0 Å². The Morgan fingerprint density at radius 2 is 2.00 bits per heavy atom. The molecule has 0 saturated carbocycles. The van der Waals surface area contributed by atoms with E-state index >= 15 is 0 Å². The average molecular weight is 251 g/mol. The fourth-order valence-electron chi connectivity index (χ4n) is 1.20. The third-order valence-electron chi connectivity index (χ3n) is 1.95. The molecule has 3 N–H and O–H groups in total. The molecule has 0 unspecified atom stereocenters. The van der Waals surface area contributed by atoms with Crippen molar-refractivity contribution in [3.05, 3.63) is 24.0 Å². The summed E-state index contributed by atoms with van der Waals surface area (Å²) in [4.78, 5) is 36.6. The van der Waals surface area contributed by atoms with Gasteiger partial charge in [0.1, 0.15) is 0 Å². The molecule has 0 bridgehead atoms. The SMILES string of the molecule is Cc1cncc(NC(=O)NC(=O)CCC(=O)O)c1. The van der Waals surface area contributed by atoms with Crippen LogP contribution in [-0.4, -0.2) is 28.0 Å². The van der Waals surface area contributed by atoms with Gasteiger partial charge in [-0.05, 0) is 18.6 Å². The number of pyridine rings is 1. The molecule has 0 aliphatic rings. The molecule has 0 spiro atoms. The molecule has 7 heteroatoms. The highest BCUT2D eigenvalue weighted by Gasteiger charge is 2.09. The number of amides is 3. The van der Waals surface area contributed by atoms with Gasteiger partial charge in [-0.1, -0.05) is 0 Å². The van der Waals surface area contributed by atoms with Crippen molar-refractivity contribution in [2.75, 3.05) is 5.32 Å². The van der Waals surface area contributed by atoms with Crippen LogP contribution in [0.5, 0.6) is 0 Å². The summed E-state index contributed by atoms with van der Waals surface area (Å²) in [6, 6.07) is 0.978. The number of urea groups is 1. The number of nitrogens with zero attached hydrogens (tertiary/aromatic N) is 1. The Morgan fingerprint density at radius 1 is 1.28 bits per heavy atom. The van der Waals surface area contributed by atoms with E-state index in [1.54, 1.807) is 12.3 Å². The fraction of sp³-hybridized carbons (Fsp3) is 0.273. The summed E-state index contributed by atoms with van der Waals surface area (Å²) in [6.07, 6.45) is 2.51. The maximum atomic E-state index is 11.4. The molecule has 1 aromatic rings. The number of aromatic nitrogens is 1. The highest BCUT2D eigenvalue weighted by atomic mass is 16.4. The number of hydrogen-bond donors (Lipinski definition) is 3. The van der Waals surface area contributed by atoms with E-state index in [2.05, 4.69) is 10.3 Å². The van der Waals surface area contributed by atoms with Gasteiger partial charge in [-0.25, -0.2) is 4.79 Å². The maximum Gasteiger partial charge on any atom is 0.325 e. The van der Waals surface area contributed by atoms with Crippen LogP contribution in [0.2, 0.25) is 0 Å². The van der Waals surface area contributed by atoms with Crippen molar-refractivity contribution in [2.24, 2.45) is 0 Å². The monoisotopic (exact) mass is 251 g/mol. The van der Waals surface area contributed by atoms with Gasteiger partial charge >= 0.3 is 12.0 Å². The molecule has 0 saturated heterocycles. The Morgan fingerprint density at radius 3 is 2.61 bits per heavy atom. The second-order valence-corrected chi connectivity index (χ2v) is 3.65. The summed E-state index contributed by atoms with van der Waals surface area (Å²) in [5, 5.41) is 12.8. The Kier molecular flexibility index (Phi) is 4.79. The average Bonchev–Trinajstić information content (AvgIpc) is 2.26. The molecule has 1 heterocycles. The highest BCUT2D eigenvalue weighted by molar-refractivity contribution is 6.01. The Bertz CT molecular complexity index is 473. The van der Waals surface area contributed by atoms with E-state index < -0.39 is 17.9 Å². The van der Waals surface area contributed by atoms with Gasteiger partial charge in [-0.3, -0.25) is 19.9 Å². The van der Waals surface area contributed by atoms with Crippen LogP contribution < -0.4 is 10.6 Å². The first-order valence-corrected chi connectivity index (χ1v) is 5.21. The molecule has 7 nitrogen and oxygen atoms in total. The fourth-order valence-corrected chi connectivity index (χ4v) is 1.20. The van der Waals surface area contributed by atoms with Crippen molar-refractivity contribution >= 4 is 23.6 Å². The predicted molar refractivity (Wildman–Crippen MR) is 63.0 cm³/mol. The molecule has 18 heavy (non-hydrogen) atoms. The second-order valence-electron chi connectivity index (χ2n) is 3.65. The number of anilines is 1. The van der Waals surface area contributed by atoms with Crippen molar-refractivity contribution in [1.82, 2.24) is 10.3 Å². The van der Waals surface area contributed by atoms with Gasteiger partial charge in [0.15, 0.2) is 0 Å². The third kappa shape index (κ3) is 5.06. The van der Waals surface area contributed by atoms with Crippen LogP contribution in [0.25, 0.3) is 0 Å². The van der Waals surface area contributed by atoms with Gasteiger partial charge in [-0.2, -0.15) is 0 Å². The zero-order chi connectivity index (χ0) is 13.5. The van der Waals surface area contributed by atoms with Gasteiger partial charge in [0, 0.05) is 12.6 Å². The number of rotatable bonds is 4. The molecular formula is C11H13N3O4. The molecular weight excluding hydrogens is 238 g/mol. The van der Waals surface area contributed by atoms with Gasteiger partial charge < -0.3 is 10.4 Å². The zero-order valence-corrected chi connectivity index (χ0v) is 9.77. The molecule has 0 aliphatic heterocycles. The molecule has 1 aromatic heterocycles. The van der Waals surface area contributed by atoms with Crippen molar-refractivity contribution in [3.63, 3.8) is 0 Å². The number of carboxylic acid groups (broad SMARTS) is 1. The highest BCUT2D eigenvalue weighted by Crippen LogP contribution is 2.06. The molecule has 0 fully saturated rings. The molecule has 0 radical (unpaired) electrons. The number of carboxylic acids is 1. The van der Waals surface area contributed by atoms with E-state index in [9.17, 15) is 14.4 Å². The number of nitrogens with one attached hydrogen (secondary N) is 2. The lowest BCUT2D eigenvalue weighted by Gasteiger charge is -2.06. The van der Waals surface area contributed by atoms with E-state index in [-0.39, 0.29) is 12.8 Å². The third-order valence-corrected chi connectivity index (χ3v) is 1.95. The molecule has 1 rings (SSSR count). The minimum absolute atomic E-state index is 0.241. The number of imide groups is 1. The van der Waals surface area contributed by atoms with Crippen molar-refractivity contribution in [3.8, 4) is 0 Å². The Hall–Kier alpha value is -2.44. The van der Waals surface area contributed by atoms with E-state index in [4.69, 9.17) is 5.11 Å². The van der Waals surface area contributed by atoms with Gasteiger partial charge in [0.2, 0.25) is 5.91 Å². The lowest BCUT2D eigenvalue weighted by Crippen LogP contribution is -2.34. The van der Waals surface area contributed by atoms with Crippen LogP contribution in [0.1, 0.15) is 18.4 Å². The molecule has 0 atom stereocenters. The van der Waals surface area contributed by atoms with Crippen molar-refractivity contribution in [1.29, 1.82) is 0 Å². The maximum absolute atomic E-state index is 11.4. The summed E-state index contributed by atoms with van der Waals surface area (Å²) in [5.74, 6) is -1.73. The van der Waals surface area contributed by atoms with Gasteiger partial charge in [0.25, 0.3) is 0 Å². The van der Waals surface area contributed by atoms with Crippen LogP contribution in [0.15, 0.2) is 18.5 Å². The predicted octanol–water partition coefficient (Wildman–Crippen LogP) is 0.903. The number of aliphatic carboxylic acids is 1. The largest absolute Gasteiger partial charge is 0.481 e. The first-order chi connectivity index (χ1) is 8.47. The minimum Gasteiger partial charge on any atom is -0.481 e. The summed E-state index contributed by atoms with van der Waals surface area (Å²) in [7, 11) is 0. The standard InChI is InChI=1S/C11H13N3O4/c1-7-4-8(6-12-5-7)13-11(18)14-9(15)2-3-10(16)17/h4-6H,2-3H2,1H3,(H,16,17)(H2,13,14,15,18). The smallest absolute Gasteiger partial charge is 0.325 e. The first-order valence-electron chi connectivity index (χ1n) is 5.21. The van der Waals surface area contributed by atoms with E-state index in [0.717, 1.165) is 5.56 Å². The molecule has 96 valence electrons. The number of carbonyl (C=O) groups is 3. The Labute approximate surface area is 103 Å². The van der Waals surface area contributed by atoms with Crippen molar-refractivity contribution < 1.29 is 19.5 Å². The molecule has 0 aromatic carbocycles. The van der Waals surface area contributed by atoms with E-state index in [1.807, 2.05) is 12.2 Å². The topological polar surface area (TPSA) is 108 Å². The van der Waals surface area contributed by atoms with Crippen LogP contribution >= 0.6 is 0 Å². The zero-order valence-electron chi connectivity index (χ0n) is 9.77. The molecule has 3 amide bonds. The van der Waals surface area contributed by atoms with E-state index in [0.29, 0.717) is 5.69 Å². The van der Waals surface area contributed by atoms with Gasteiger partial charge in [0.05, 0.1) is 18.3 Å². The number of hydrogen-bond acceptors (Lipinski definition) is 4. The number of carbonyl (C=O) groups excluding carboxylic acids is 2. The summed E-state index contributed by atoms with van der Waals surface area (Å²) >= 11 is 0. The van der Waals surface area contributed by atoms with Crippen LogP contribution in [0.4, 0.5) is 10.5 Å². The summed E-state index contributed by atoms with van der Waals surface area (Å²) in [6.45, 7) is 1.81. The Balaban J connectivity index is 2.42. The van der Waals surface area contributed by atoms with E-state index in [1.165, 1.54) is 6.20 Å². The first kappa shape index (κ1) is 13.6. The lowest BCUT2D eigenvalue weighted by molar-refractivity contribution is -0.138. The summed E-state index contributed by atoms with van der Waals surface area (Å²) < 4.78 is 0. The minimum atomic E-state index is -1.09. The van der Waals surface area contributed by atoms with Crippen LogP contribution in [0, 0.1) is 6.92 Å². The molecule has 0 aliphatic carbocycles. The van der Waals surface area contributed by atoms with Crippen LogP contribution in [-0.2, 0) is 9.59 Å². The quantitative estimate of drug-likeness (QED) is 0.736. The number of aryl methyl sites for hydroxylation is 1. The van der Waals surface area contributed by atoms with Crippen molar-refractivity contribution in [2.45, 2.75) is 19.8 Å². The summed E-state index contributed by atoms with van der Waals surface area (Å²) in [5.41, 5.74) is 1.32. The lowest BCUT2D eigenvalue weighted by atomic mass is 10.3.